The van der Waals surface area contributed by atoms with Gasteiger partial charge in [0.2, 0.25) is 10.0 Å². The van der Waals surface area contributed by atoms with Gasteiger partial charge in [-0.15, -0.1) is 0 Å². The molecule has 0 unspecified atom stereocenters. The van der Waals surface area contributed by atoms with Gasteiger partial charge in [0.05, 0.1) is 10.7 Å². The van der Waals surface area contributed by atoms with E-state index in [2.05, 4.69) is 4.72 Å². The minimum atomic E-state index is -3.39. The first-order valence-corrected chi connectivity index (χ1v) is 9.52. The van der Waals surface area contributed by atoms with Crippen molar-refractivity contribution < 1.29 is 18.1 Å². The zero-order valence-electron chi connectivity index (χ0n) is 13.7. The van der Waals surface area contributed by atoms with E-state index in [4.69, 9.17) is 11.6 Å². The van der Waals surface area contributed by atoms with Crippen molar-refractivity contribution in [3.8, 4) is 0 Å². The second-order valence-electron chi connectivity index (χ2n) is 5.24. The van der Waals surface area contributed by atoms with Crippen LogP contribution in [0.4, 0.5) is 11.4 Å². The molecule has 0 bridgehead atoms. The molecule has 0 spiro atoms. The van der Waals surface area contributed by atoms with E-state index >= 15 is 0 Å². The van der Waals surface area contributed by atoms with Crippen LogP contribution in [0, 0.1) is 10.1 Å². The first kappa shape index (κ1) is 19.6. The number of carbonyl (C=O) groups excluding carboxylic acids is 1. The summed E-state index contributed by atoms with van der Waals surface area (Å²) in [6.07, 6.45) is 2.64. The second kappa shape index (κ2) is 8.11. The fourth-order valence-electron chi connectivity index (χ4n) is 1.99. The first-order valence-electron chi connectivity index (χ1n) is 7.49. The first-order chi connectivity index (χ1) is 12.2. The fourth-order valence-corrected chi connectivity index (χ4v) is 2.81. The molecule has 0 aliphatic carbocycles. The number of nitrogens with one attached hydrogen (secondary N) is 1. The highest BCUT2D eigenvalue weighted by Crippen LogP contribution is 2.23. The molecule has 0 aliphatic rings. The Balaban J connectivity index is 2.16. The molecule has 2 aromatic carbocycles. The van der Waals surface area contributed by atoms with Crippen LogP contribution in [0.3, 0.4) is 0 Å². The molecule has 0 amide bonds. The molecule has 0 radical (unpaired) electrons. The number of nitro groups is 1. The number of carbonyl (C=O) groups is 1. The third kappa shape index (κ3) is 5.14. The van der Waals surface area contributed by atoms with Crippen LogP contribution in [0.5, 0.6) is 0 Å². The van der Waals surface area contributed by atoms with Crippen LogP contribution in [0.15, 0.2) is 48.5 Å². The second-order valence-corrected chi connectivity index (χ2v) is 7.66. The molecular weight excluding hydrogens is 380 g/mol. The number of sulfonamides is 1. The van der Waals surface area contributed by atoms with Crippen molar-refractivity contribution >= 4 is 44.9 Å². The van der Waals surface area contributed by atoms with Gasteiger partial charge < -0.3 is 0 Å². The van der Waals surface area contributed by atoms with Gasteiger partial charge in [0.1, 0.15) is 0 Å². The Bertz CT molecular complexity index is 969. The minimum Gasteiger partial charge on any atom is -0.289 e. The van der Waals surface area contributed by atoms with Gasteiger partial charge in [-0.05, 0) is 55.0 Å². The van der Waals surface area contributed by atoms with Crippen LogP contribution in [0.2, 0.25) is 5.02 Å². The smallest absolute Gasteiger partial charge is 0.270 e. The number of hydrogen-bond acceptors (Lipinski definition) is 5. The predicted molar refractivity (Wildman–Crippen MR) is 101 cm³/mol. The van der Waals surface area contributed by atoms with Crippen LogP contribution in [0.1, 0.15) is 22.8 Å². The van der Waals surface area contributed by atoms with Crippen molar-refractivity contribution in [2.24, 2.45) is 0 Å². The van der Waals surface area contributed by atoms with Gasteiger partial charge in [0.25, 0.3) is 5.69 Å². The van der Waals surface area contributed by atoms with Gasteiger partial charge >= 0.3 is 0 Å². The van der Waals surface area contributed by atoms with Crippen molar-refractivity contribution in [2.75, 3.05) is 10.5 Å². The molecule has 26 heavy (non-hydrogen) atoms. The summed E-state index contributed by atoms with van der Waals surface area (Å²) in [5.74, 6) is -0.405. The molecule has 0 aliphatic heterocycles. The lowest BCUT2D eigenvalue weighted by molar-refractivity contribution is -0.384. The van der Waals surface area contributed by atoms with E-state index in [-0.39, 0.29) is 22.2 Å². The molecule has 2 aromatic rings. The molecular formula is C17H15ClN2O5S. The summed E-state index contributed by atoms with van der Waals surface area (Å²) in [5, 5.41) is 11.1. The molecule has 136 valence electrons. The maximum absolute atomic E-state index is 12.2. The van der Waals surface area contributed by atoms with Gasteiger partial charge in [-0.3, -0.25) is 19.6 Å². The number of ketones is 1. The number of anilines is 1. The lowest BCUT2D eigenvalue weighted by atomic mass is 10.1. The van der Waals surface area contributed by atoms with Gasteiger partial charge in [0, 0.05) is 28.4 Å². The Morgan fingerprint density at radius 2 is 1.88 bits per heavy atom. The molecule has 1 N–H and O–H groups in total. The molecule has 0 fully saturated rings. The van der Waals surface area contributed by atoms with E-state index in [1.807, 2.05) is 0 Å². The molecule has 0 saturated heterocycles. The number of hydrogen-bond donors (Lipinski definition) is 1. The van der Waals surface area contributed by atoms with Crippen LogP contribution >= 0.6 is 11.6 Å². The third-order valence-electron chi connectivity index (χ3n) is 3.43. The summed E-state index contributed by atoms with van der Waals surface area (Å²) in [7, 11) is -3.39. The highest BCUT2D eigenvalue weighted by Gasteiger charge is 2.10. The number of nitro benzene ring substituents is 1. The molecule has 0 atom stereocenters. The quantitative estimate of drug-likeness (QED) is 0.331. The number of allylic oxidation sites excluding steroid dienone is 1. The molecule has 0 heterocycles. The molecule has 7 nitrogen and oxygen atoms in total. The molecule has 0 saturated carbocycles. The van der Waals surface area contributed by atoms with Gasteiger partial charge in [-0.2, -0.15) is 0 Å². The average Bonchev–Trinajstić information content (AvgIpc) is 2.61. The number of benzene rings is 2. The van der Waals surface area contributed by atoms with Gasteiger partial charge in [-0.25, -0.2) is 8.42 Å². The molecule has 2 rings (SSSR count). The van der Waals surface area contributed by atoms with Crippen molar-refractivity contribution in [2.45, 2.75) is 6.92 Å². The third-order valence-corrected chi connectivity index (χ3v) is 5.08. The maximum atomic E-state index is 12.2. The summed E-state index contributed by atoms with van der Waals surface area (Å²) in [6, 6.07) is 9.86. The highest BCUT2D eigenvalue weighted by molar-refractivity contribution is 7.92. The number of rotatable bonds is 7. The van der Waals surface area contributed by atoms with Crippen molar-refractivity contribution in [1.29, 1.82) is 0 Å². The standard InChI is InChI=1S/C17H15ClN2O5S/c1-2-26(24,25)19-14-6-3-12(4-7-14)17(21)10-5-13-11-15(20(22)23)8-9-16(13)18/h3-11,19H,2H2,1H3/b10-5+. The topological polar surface area (TPSA) is 106 Å². The predicted octanol–water partition coefficient (Wildman–Crippen LogP) is 3.91. The van der Waals surface area contributed by atoms with Crippen LogP contribution in [-0.4, -0.2) is 24.9 Å². The molecule has 9 heteroatoms. The Labute approximate surface area is 155 Å². The fraction of sp³-hybridized carbons (Fsp3) is 0.118. The lowest BCUT2D eigenvalue weighted by Crippen LogP contribution is -2.14. The summed E-state index contributed by atoms with van der Waals surface area (Å²) in [5.41, 5.74) is 0.909. The van der Waals surface area contributed by atoms with E-state index in [0.717, 1.165) is 0 Å². The Kier molecular flexibility index (Phi) is 6.12. The van der Waals surface area contributed by atoms with Crippen molar-refractivity contribution in [3.05, 3.63) is 74.8 Å². The maximum Gasteiger partial charge on any atom is 0.270 e. The largest absolute Gasteiger partial charge is 0.289 e. The van der Waals surface area contributed by atoms with Crippen LogP contribution < -0.4 is 4.72 Å². The van der Waals surface area contributed by atoms with Crippen LogP contribution in [-0.2, 0) is 10.0 Å². The van der Waals surface area contributed by atoms with Crippen molar-refractivity contribution in [1.82, 2.24) is 0 Å². The lowest BCUT2D eigenvalue weighted by Gasteiger charge is -2.06. The minimum absolute atomic E-state index is 0.0552. The van der Waals surface area contributed by atoms with E-state index in [9.17, 15) is 23.3 Å². The summed E-state index contributed by atoms with van der Waals surface area (Å²) in [4.78, 5) is 22.4. The zero-order chi connectivity index (χ0) is 19.3. The summed E-state index contributed by atoms with van der Waals surface area (Å²) in [6.45, 7) is 1.52. The highest BCUT2D eigenvalue weighted by atomic mass is 35.5. The van der Waals surface area contributed by atoms with Gasteiger partial charge in [-0.1, -0.05) is 11.6 Å². The Hall–Kier alpha value is -2.71. The van der Waals surface area contributed by atoms with Crippen LogP contribution in [0.25, 0.3) is 6.08 Å². The van der Waals surface area contributed by atoms with E-state index < -0.39 is 14.9 Å². The monoisotopic (exact) mass is 394 g/mol. The SMILES string of the molecule is CCS(=O)(=O)Nc1ccc(C(=O)/C=C/c2cc([N+](=O)[O-])ccc2Cl)cc1. The Morgan fingerprint density at radius 3 is 2.46 bits per heavy atom. The summed E-state index contributed by atoms with van der Waals surface area (Å²) >= 11 is 5.98. The average molecular weight is 395 g/mol. The number of non-ortho nitro benzene ring substituents is 1. The normalized spacial score (nSPS) is 11.5. The van der Waals surface area contributed by atoms with Gasteiger partial charge in [0.15, 0.2) is 5.78 Å². The number of halogens is 1. The Morgan fingerprint density at radius 1 is 1.23 bits per heavy atom. The van der Waals surface area contributed by atoms with Crippen molar-refractivity contribution in [3.63, 3.8) is 0 Å². The zero-order valence-corrected chi connectivity index (χ0v) is 15.3. The van der Waals surface area contributed by atoms with E-state index in [1.165, 1.54) is 61.5 Å². The van der Waals surface area contributed by atoms with E-state index in [0.29, 0.717) is 16.8 Å². The van der Waals surface area contributed by atoms with E-state index in [1.54, 1.807) is 0 Å². The number of nitrogens with zero attached hydrogens (tertiary/aromatic N) is 1. The molecule has 0 aromatic heterocycles. The summed E-state index contributed by atoms with van der Waals surface area (Å²) < 4.78 is 25.4.